The summed E-state index contributed by atoms with van der Waals surface area (Å²) in [6.45, 7) is 0. The fourth-order valence-corrected chi connectivity index (χ4v) is 14.7. The molecular formula is C88H55BrN6. The number of nitrogens with one attached hydrogen (secondary N) is 1. The van der Waals surface area contributed by atoms with Gasteiger partial charge in [-0.1, -0.05) is 283 Å². The standard InChI is InChI=1S/C44H27N3.C24H15N.C20H13BrN2/c1-2-13-29(14-3-1)42-35-18-8-10-20-38(35)45-44(46-42)30-22-25-31(26-23-30)47-39-21-11-9-19-36(39)41-37-27-24-28-12-4-5-15-32(28)40(37)33-16-6-7-17-34(33)43(41)47;1-2-8-16-15(7-1)13-14-20-22(16)17-9-3-4-10-18(17)24-23(20)19-11-5-6-12-21(19)25-24;21-16-12-10-15(11-13-16)20-22-18-9-5-4-8-17(18)19(23-20)14-6-2-1-3-7-14/h1-27H;1-14,25H;1-13H. The Hall–Kier alpha value is -12.2. The molecule has 0 saturated carbocycles. The van der Waals surface area contributed by atoms with Crippen molar-refractivity contribution in [1.82, 2.24) is 29.5 Å². The van der Waals surface area contributed by atoms with Crippen LogP contribution in [0.15, 0.2) is 332 Å². The lowest BCUT2D eigenvalue weighted by Crippen LogP contribution is -1.97. The van der Waals surface area contributed by atoms with E-state index in [1.54, 1.807) is 0 Å². The molecule has 95 heavy (non-hydrogen) atoms. The molecular weight excluding hydrogens is 1220 g/mol. The van der Waals surface area contributed by atoms with Crippen LogP contribution in [-0.4, -0.2) is 29.5 Å². The Kier molecular flexibility index (Phi) is 13.6. The van der Waals surface area contributed by atoms with Crippen LogP contribution < -0.4 is 0 Å². The second kappa shape index (κ2) is 23.2. The second-order valence-corrected chi connectivity index (χ2v) is 25.0. The molecule has 0 unspecified atom stereocenters. The summed E-state index contributed by atoms with van der Waals surface area (Å²) in [6, 6.07) is 115. The number of para-hydroxylation sites is 4. The minimum absolute atomic E-state index is 0.722. The molecule has 0 aliphatic rings. The van der Waals surface area contributed by atoms with Crippen molar-refractivity contribution in [3.05, 3.63) is 332 Å². The number of hydrogen-bond donors (Lipinski definition) is 1. The lowest BCUT2D eigenvalue weighted by atomic mass is 9.93. The smallest absolute Gasteiger partial charge is 0.160 e. The van der Waals surface area contributed by atoms with E-state index >= 15 is 0 Å². The Labute approximate surface area is 554 Å². The maximum absolute atomic E-state index is 5.12. The van der Waals surface area contributed by atoms with E-state index in [9.17, 15) is 0 Å². The summed E-state index contributed by atoms with van der Waals surface area (Å²) in [6.07, 6.45) is 0. The third-order valence-corrected chi connectivity index (χ3v) is 19.2. The van der Waals surface area contributed by atoms with Gasteiger partial charge in [-0.15, -0.1) is 0 Å². The Morgan fingerprint density at radius 1 is 0.263 bits per heavy atom. The Bertz CT molecular complexity index is 6400. The lowest BCUT2D eigenvalue weighted by Gasteiger charge is -2.14. The van der Waals surface area contributed by atoms with Crippen LogP contribution in [0.1, 0.15) is 0 Å². The topological polar surface area (TPSA) is 72.3 Å². The van der Waals surface area contributed by atoms with Crippen molar-refractivity contribution in [3.8, 4) is 51.0 Å². The van der Waals surface area contributed by atoms with Crippen molar-refractivity contribution < 1.29 is 0 Å². The van der Waals surface area contributed by atoms with Gasteiger partial charge in [0.25, 0.3) is 0 Å². The summed E-state index contributed by atoms with van der Waals surface area (Å²) >= 11 is 3.47. The van der Waals surface area contributed by atoms with Gasteiger partial charge in [-0.3, -0.25) is 0 Å². The minimum atomic E-state index is 0.722. The van der Waals surface area contributed by atoms with Gasteiger partial charge in [0, 0.05) is 81.0 Å². The van der Waals surface area contributed by atoms with Crippen molar-refractivity contribution in [2.75, 3.05) is 0 Å². The monoisotopic (exact) mass is 1270 g/mol. The fourth-order valence-electron chi connectivity index (χ4n) is 14.4. The highest BCUT2D eigenvalue weighted by Gasteiger charge is 2.22. The van der Waals surface area contributed by atoms with Gasteiger partial charge in [0.2, 0.25) is 0 Å². The third kappa shape index (κ3) is 9.54. The summed E-state index contributed by atoms with van der Waals surface area (Å²) in [4.78, 5) is 23.4. The second-order valence-electron chi connectivity index (χ2n) is 24.1. The first kappa shape index (κ1) is 55.7. The molecule has 0 radical (unpaired) electrons. The van der Waals surface area contributed by atoms with E-state index in [0.29, 0.717) is 0 Å². The molecule has 6 nitrogen and oxygen atoms in total. The Morgan fingerprint density at radius 3 is 1.25 bits per heavy atom. The summed E-state index contributed by atoms with van der Waals surface area (Å²) < 4.78 is 3.48. The molecule has 7 heteroatoms. The maximum Gasteiger partial charge on any atom is 0.160 e. The SMILES string of the molecule is Brc1ccc(-c2nc(-c3ccccc3)c3ccccc3n2)cc1.c1ccc(-c2nc(-c3ccc(-n4c5ccccc5c5c6ccc7ccccc7c6c6ccccc6c54)cc3)nc3ccccc23)cc1.c1ccc2c(c1)ccc1c2c2ccccc2c2[nH]c3ccccc3c12. The van der Waals surface area contributed by atoms with Crippen LogP contribution in [0.3, 0.4) is 0 Å². The molecule has 4 aromatic heterocycles. The van der Waals surface area contributed by atoms with Crippen LogP contribution >= 0.6 is 15.9 Å². The molecule has 1 N–H and O–H groups in total. The van der Waals surface area contributed by atoms with Gasteiger partial charge in [-0.05, 0) is 115 Å². The van der Waals surface area contributed by atoms with E-state index < -0.39 is 0 Å². The van der Waals surface area contributed by atoms with E-state index in [0.717, 1.165) is 77.3 Å². The van der Waals surface area contributed by atoms with Gasteiger partial charge in [-0.25, -0.2) is 19.9 Å². The van der Waals surface area contributed by atoms with Gasteiger partial charge in [0.05, 0.1) is 39.0 Å². The van der Waals surface area contributed by atoms with Crippen molar-refractivity contribution in [2.45, 2.75) is 0 Å². The summed E-state index contributed by atoms with van der Waals surface area (Å²) in [5.74, 6) is 1.47. The highest BCUT2D eigenvalue weighted by atomic mass is 79.9. The number of rotatable bonds is 5. The summed E-state index contributed by atoms with van der Waals surface area (Å²) in [5, 5.41) is 22.8. The number of benzene rings is 16. The van der Waals surface area contributed by atoms with Crippen LogP contribution in [0.5, 0.6) is 0 Å². The fraction of sp³-hybridized carbons (Fsp3) is 0. The molecule has 4 heterocycles. The van der Waals surface area contributed by atoms with Crippen molar-refractivity contribution in [3.63, 3.8) is 0 Å². The zero-order valence-electron chi connectivity index (χ0n) is 51.3. The molecule has 0 fully saturated rings. The van der Waals surface area contributed by atoms with Crippen molar-refractivity contribution in [1.29, 1.82) is 0 Å². The zero-order chi connectivity index (χ0) is 62.9. The van der Waals surface area contributed by atoms with Gasteiger partial charge < -0.3 is 9.55 Å². The molecule has 0 saturated heterocycles. The van der Waals surface area contributed by atoms with E-state index in [1.165, 1.54) is 108 Å². The van der Waals surface area contributed by atoms with Crippen LogP contribution in [0, 0.1) is 0 Å². The summed E-state index contributed by atoms with van der Waals surface area (Å²) in [7, 11) is 0. The molecule has 0 amide bonds. The third-order valence-electron chi connectivity index (χ3n) is 18.7. The summed E-state index contributed by atoms with van der Waals surface area (Å²) in [5.41, 5.74) is 13.9. The van der Waals surface area contributed by atoms with Crippen molar-refractivity contribution in [2.24, 2.45) is 0 Å². The molecule has 444 valence electrons. The molecule has 16 aromatic carbocycles. The number of aromatic amines is 1. The van der Waals surface area contributed by atoms with Crippen LogP contribution in [0.2, 0.25) is 0 Å². The number of H-pyrrole nitrogens is 1. The first-order valence-corrected chi connectivity index (χ1v) is 32.8. The van der Waals surface area contributed by atoms with E-state index in [2.05, 4.69) is 274 Å². The normalized spacial score (nSPS) is 11.6. The Morgan fingerprint density at radius 2 is 0.684 bits per heavy atom. The maximum atomic E-state index is 5.12. The number of fused-ring (bicyclic) bond motifs is 22. The van der Waals surface area contributed by atoms with Crippen LogP contribution in [0.4, 0.5) is 0 Å². The van der Waals surface area contributed by atoms with Gasteiger partial charge in [0.15, 0.2) is 11.6 Å². The van der Waals surface area contributed by atoms with Crippen molar-refractivity contribution >= 4 is 146 Å². The highest BCUT2D eigenvalue weighted by molar-refractivity contribution is 9.10. The molecule has 0 atom stereocenters. The average molecular weight is 1280 g/mol. The predicted octanol–water partition coefficient (Wildman–Crippen LogP) is 24.0. The van der Waals surface area contributed by atoms with E-state index in [-0.39, 0.29) is 0 Å². The first-order valence-electron chi connectivity index (χ1n) is 32.1. The largest absolute Gasteiger partial charge is 0.354 e. The van der Waals surface area contributed by atoms with Gasteiger partial charge in [0.1, 0.15) is 0 Å². The number of nitrogens with zero attached hydrogens (tertiary/aromatic N) is 5. The zero-order valence-corrected chi connectivity index (χ0v) is 52.9. The Balaban J connectivity index is 0.000000115. The van der Waals surface area contributed by atoms with Crippen LogP contribution in [-0.2, 0) is 0 Å². The molecule has 20 rings (SSSR count). The van der Waals surface area contributed by atoms with Gasteiger partial charge >= 0.3 is 0 Å². The first-order chi connectivity index (χ1) is 47.1. The van der Waals surface area contributed by atoms with E-state index in [1.807, 2.05) is 78.9 Å². The molecule has 0 spiro atoms. The lowest BCUT2D eigenvalue weighted by molar-refractivity contribution is 1.18. The predicted molar refractivity (Wildman–Crippen MR) is 404 cm³/mol. The molecule has 0 bridgehead atoms. The molecule has 20 aromatic rings. The molecule has 0 aliphatic carbocycles. The average Bonchev–Trinajstić information content (AvgIpc) is 1.58. The number of aromatic nitrogens is 6. The number of hydrogen-bond acceptors (Lipinski definition) is 4. The quantitative estimate of drug-likeness (QED) is 0.174. The van der Waals surface area contributed by atoms with Gasteiger partial charge in [-0.2, -0.15) is 0 Å². The minimum Gasteiger partial charge on any atom is -0.354 e. The molecule has 0 aliphatic heterocycles. The van der Waals surface area contributed by atoms with Crippen LogP contribution in [0.25, 0.3) is 181 Å². The highest BCUT2D eigenvalue weighted by Crippen LogP contribution is 2.46. The van der Waals surface area contributed by atoms with E-state index in [4.69, 9.17) is 19.9 Å². The number of halogens is 1.